The molecule has 0 aliphatic carbocycles. The van der Waals surface area contributed by atoms with Crippen LogP contribution in [0, 0.1) is 0 Å². The lowest BCUT2D eigenvalue weighted by atomic mass is 10.3. The SMILES string of the molecule is CCC=Nc1ccccc1O. The van der Waals surface area contributed by atoms with E-state index in [-0.39, 0.29) is 5.75 Å². The molecular formula is C9H11NO. The maximum absolute atomic E-state index is 9.22. The molecule has 1 rings (SSSR count). The molecule has 0 radical (unpaired) electrons. The Morgan fingerprint density at radius 3 is 2.82 bits per heavy atom. The minimum atomic E-state index is 0.234. The quantitative estimate of drug-likeness (QED) is 0.644. The second kappa shape index (κ2) is 3.76. The van der Waals surface area contributed by atoms with Crippen LogP contribution >= 0.6 is 0 Å². The van der Waals surface area contributed by atoms with Crippen LogP contribution in [-0.4, -0.2) is 11.3 Å². The molecule has 0 aliphatic rings. The topological polar surface area (TPSA) is 32.6 Å². The van der Waals surface area contributed by atoms with Crippen LogP contribution in [0.3, 0.4) is 0 Å². The molecule has 1 aromatic rings. The molecule has 11 heavy (non-hydrogen) atoms. The number of benzene rings is 1. The number of hydrogen-bond acceptors (Lipinski definition) is 2. The molecule has 2 nitrogen and oxygen atoms in total. The van der Waals surface area contributed by atoms with Gasteiger partial charge in [0.2, 0.25) is 0 Å². The van der Waals surface area contributed by atoms with Crippen molar-refractivity contribution < 1.29 is 5.11 Å². The fraction of sp³-hybridized carbons (Fsp3) is 0.222. The van der Waals surface area contributed by atoms with Gasteiger partial charge in [0.25, 0.3) is 0 Å². The summed E-state index contributed by atoms with van der Waals surface area (Å²) >= 11 is 0. The number of rotatable bonds is 2. The Balaban J connectivity index is 2.86. The lowest BCUT2D eigenvalue weighted by molar-refractivity contribution is 0.477. The third kappa shape index (κ3) is 2.08. The van der Waals surface area contributed by atoms with Gasteiger partial charge in [-0.3, -0.25) is 4.99 Å². The van der Waals surface area contributed by atoms with Gasteiger partial charge >= 0.3 is 0 Å². The highest BCUT2D eigenvalue weighted by Crippen LogP contribution is 2.24. The Morgan fingerprint density at radius 2 is 2.18 bits per heavy atom. The summed E-state index contributed by atoms with van der Waals surface area (Å²) in [6, 6.07) is 7.03. The van der Waals surface area contributed by atoms with E-state index in [2.05, 4.69) is 4.99 Å². The van der Waals surface area contributed by atoms with Crippen LogP contribution in [0.2, 0.25) is 0 Å². The molecule has 1 N–H and O–H groups in total. The molecule has 0 bridgehead atoms. The van der Waals surface area contributed by atoms with Gasteiger partial charge in [0.15, 0.2) is 0 Å². The summed E-state index contributed by atoms with van der Waals surface area (Å²) < 4.78 is 0. The summed E-state index contributed by atoms with van der Waals surface area (Å²) in [5.41, 5.74) is 0.634. The first-order valence-electron chi connectivity index (χ1n) is 3.65. The summed E-state index contributed by atoms with van der Waals surface area (Å²) in [7, 11) is 0. The van der Waals surface area contributed by atoms with Crippen LogP contribution in [-0.2, 0) is 0 Å². The Morgan fingerprint density at radius 1 is 1.45 bits per heavy atom. The molecule has 58 valence electrons. The van der Waals surface area contributed by atoms with Crippen molar-refractivity contribution in [2.24, 2.45) is 4.99 Å². The van der Waals surface area contributed by atoms with E-state index in [1.54, 1.807) is 24.4 Å². The maximum Gasteiger partial charge on any atom is 0.141 e. The number of para-hydroxylation sites is 2. The van der Waals surface area contributed by atoms with Crippen LogP contribution in [0.4, 0.5) is 5.69 Å². The Kier molecular flexibility index (Phi) is 2.66. The zero-order valence-electron chi connectivity index (χ0n) is 6.49. The van der Waals surface area contributed by atoms with Crippen LogP contribution in [0.15, 0.2) is 29.3 Å². The minimum absolute atomic E-state index is 0.234. The van der Waals surface area contributed by atoms with E-state index < -0.39 is 0 Å². The van der Waals surface area contributed by atoms with Gasteiger partial charge in [0.1, 0.15) is 11.4 Å². The average molecular weight is 149 g/mol. The molecule has 0 spiro atoms. The molecule has 0 saturated heterocycles. The number of nitrogens with zero attached hydrogens (tertiary/aromatic N) is 1. The fourth-order valence-corrected chi connectivity index (χ4v) is 0.763. The molecule has 1 aromatic carbocycles. The van der Waals surface area contributed by atoms with E-state index >= 15 is 0 Å². The van der Waals surface area contributed by atoms with Crippen molar-refractivity contribution in [3.05, 3.63) is 24.3 Å². The van der Waals surface area contributed by atoms with E-state index in [1.165, 1.54) is 0 Å². The number of phenolic OH excluding ortho intramolecular Hbond substituents is 1. The summed E-state index contributed by atoms with van der Waals surface area (Å²) in [6.45, 7) is 2.00. The third-order valence-corrected chi connectivity index (χ3v) is 1.29. The number of aliphatic imine (C=N–C) groups is 1. The van der Waals surface area contributed by atoms with Crippen LogP contribution in [0.1, 0.15) is 13.3 Å². The first-order chi connectivity index (χ1) is 5.34. The fourth-order valence-electron chi connectivity index (χ4n) is 0.763. The monoisotopic (exact) mass is 149 g/mol. The lowest BCUT2D eigenvalue weighted by Gasteiger charge is -1.95. The molecule has 2 heteroatoms. The van der Waals surface area contributed by atoms with Crippen LogP contribution in [0.5, 0.6) is 5.75 Å². The van der Waals surface area contributed by atoms with Gasteiger partial charge in [0, 0.05) is 6.21 Å². The molecule has 0 aliphatic heterocycles. The smallest absolute Gasteiger partial charge is 0.141 e. The second-order valence-electron chi connectivity index (χ2n) is 2.21. The number of aromatic hydroxyl groups is 1. The molecule has 0 amide bonds. The number of hydrogen-bond donors (Lipinski definition) is 1. The Bertz CT molecular complexity index is 255. The average Bonchev–Trinajstić information content (AvgIpc) is 2.03. The maximum atomic E-state index is 9.22. The van der Waals surface area contributed by atoms with Gasteiger partial charge in [-0.15, -0.1) is 0 Å². The highest BCUT2D eigenvalue weighted by atomic mass is 16.3. The molecule has 0 saturated carbocycles. The lowest BCUT2D eigenvalue weighted by Crippen LogP contribution is -1.69. The van der Waals surface area contributed by atoms with E-state index in [1.807, 2.05) is 13.0 Å². The van der Waals surface area contributed by atoms with Crippen molar-refractivity contribution >= 4 is 11.9 Å². The van der Waals surface area contributed by atoms with Gasteiger partial charge in [0.05, 0.1) is 0 Å². The first kappa shape index (κ1) is 7.79. The predicted octanol–water partition coefficient (Wildman–Crippen LogP) is 2.50. The normalized spacial score (nSPS) is 10.6. The zero-order chi connectivity index (χ0) is 8.10. The van der Waals surface area contributed by atoms with E-state index in [0.717, 1.165) is 6.42 Å². The molecule has 0 aromatic heterocycles. The van der Waals surface area contributed by atoms with Gasteiger partial charge in [-0.2, -0.15) is 0 Å². The second-order valence-corrected chi connectivity index (χ2v) is 2.21. The number of phenols is 1. The highest BCUT2D eigenvalue weighted by Gasteiger charge is 1.92. The Hall–Kier alpha value is -1.31. The van der Waals surface area contributed by atoms with Crippen molar-refractivity contribution in [2.45, 2.75) is 13.3 Å². The Labute approximate surface area is 66.2 Å². The molecule has 0 atom stereocenters. The van der Waals surface area contributed by atoms with Crippen molar-refractivity contribution in [3.63, 3.8) is 0 Å². The summed E-state index contributed by atoms with van der Waals surface area (Å²) in [5.74, 6) is 0.234. The van der Waals surface area contributed by atoms with Crippen LogP contribution in [0.25, 0.3) is 0 Å². The van der Waals surface area contributed by atoms with Gasteiger partial charge in [-0.25, -0.2) is 0 Å². The highest BCUT2D eigenvalue weighted by molar-refractivity contribution is 5.65. The van der Waals surface area contributed by atoms with Crippen molar-refractivity contribution in [2.75, 3.05) is 0 Å². The first-order valence-corrected chi connectivity index (χ1v) is 3.65. The summed E-state index contributed by atoms with van der Waals surface area (Å²) in [4.78, 5) is 4.05. The standard InChI is InChI=1S/C9H11NO/c1-2-7-10-8-5-3-4-6-9(8)11/h3-7,11H,2H2,1H3. The predicted molar refractivity (Wildman–Crippen MR) is 46.5 cm³/mol. The van der Waals surface area contributed by atoms with Gasteiger partial charge in [-0.05, 0) is 18.6 Å². The molecular weight excluding hydrogens is 138 g/mol. The van der Waals surface area contributed by atoms with Crippen molar-refractivity contribution in [3.8, 4) is 5.75 Å². The van der Waals surface area contributed by atoms with E-state index in [0.29, 0.717) is 5.69 Å². The van der Waals surface area contributed by atoms with Crippen molar-refractivity contribution in [1.29, 1.82) is 0 Å². The summed E-state index contributed by atoms with van der Waals surface area (Å²) in [5, 5.41) is 9.22. The van der Waals surface area contributed by atoms with E-state index in [9.17, 15) is 5.11 Å². The molecule has 0 fully saturated rings. The molecule has 0 heterocycles. The van der Waals surface area contributed by atoms with Crippen LogP contribution < -0.4 is 0 Å². The summed E-state index contributed by atoms with van der Waals surface area (Å²) in [6.07, 6.45) is 2.66. The van der Waals surface area contributed by atoms with Gasteiger partial charge < -0.3 is 5.11 Å². The molecule has 0 unspecified atom stereocenters. The minimum Gasteiger partial charge on any atom is -0.506 e. The zero-order valence-corrected chi connectivity index (χ0v) is 6.49. The third-order valence-electron chi connectivity index (χ3n) is 1.29. The van der Waals surface area contributed by atoms with Crippen molar-refractivity contribution in [1.82, 2.24) is 0 Å². The largest absolute Gasteiger partial charge is 0.506 e. The van der Waals surface area contributed by atoms with Gasteiger partial charge in [-0.1, -0.05) is 19.1 Å². The van der Waals surface area contributed by atoms with E-state index in [4.69, 9.17) is 0 Å².